The Labute approximate surface area is 151 Å². The van der Waals surface area contributed by atoms with Gasteiger partial charge in [-0.15, -0.1) is 0 Å². The zero-order valence-electron chi connectivity index (χ0n) is 14.8. The Hall–Kier alpha value is -2.20. The van der Waals surface area contributed by atoms with Gasteiger partial charge in [-0.25, -0.2) is 0 Å². The molecule has 1 fully saturated rings. The van der Waals surface area contributed by atoms with Gasteiger partial charge < -0.3 is 29.6 Å². The first kappa shape index (κ1) is 21.8. The van der Waals surface area contributed by atoms with E-state index >= 15 is 0 Å². The number of amides is 2. The van der Waals surface area contributed by atoms with E-state index < -0.39 is 11.9 Å². The molecule has 0 aromatic carbocycles. The average Bonchev–Trinajstić information content (AvgIpc) is 2.62. The van der Waals surface area contributed by atoms with Crippen molar-refractivity contribution >= 4 is 23.8 Å². The summed E-state index contributed by atoms with van der Waals surface area (Å²) in [6, 6.07) is 0. The van der Waals surface area contributed by atoms with Crippen LogP contribution in [0.4, 0.5) is 0 Å². The van der Waals surface area contributed by atoms with Gasteiger partial charge in [0, 0.05) is 25.9 Å². The van der Waals surface area contributed by atoms with E-state index in [4.69, 9.17) is 18.9 Å². The number of carbonyl (C=O) groups excluding carboxylic acids is 4. The lowest BCUT2D eigenvalue weighted by molar-refractivity contribution is -0.147. The Morgan fingerprint density at radius 1 is 0.538 bits per heavy atom. The molecule has 0 aromatic heterocycles. The van der Waals surface area contributed by atoms with Crippen molar-refractivity contribution in [3.63, 3.8) is 0 Å². The highest BCUT2D eigenvalue weighted by atomic mass is 16.6. The maximum Gasteiger partial charge on any atom is 0.306 e. The molecule has 0 saturated carbocycles. The third-order valence-electron chi connectivity index (χ3n) is 3.24. The van der Waals surface area contributed by atoms with Gasteiger partial charge in [0.1, 0.15) is 13.2 Å². The van der Waals surface area contributed by atoms with Crippen molar-refractivity contribution in [1.82, 2.24) is 10.6 Å². The summed E-state index contributed by atoms with van der Waals surface area (Å²) in [7, 11) is 0. The summed E-state index contributed by atoms with van der Waals surface area (Å²) in [5.74, 6) is -1.57. The minimum absolute atomic E-state index is 0.00726. The Kier molecular flexibility index (Phi) is 11.8. The quantitative estimate of drug-likeness (QED) is 0.512. The molecule has 0 aromatic rings. The molecule has 0 atom stereocenters. The smallest absolute Gasteiger partial charge is 0.306 e. The maximum atomic E-state index is 11.6. The fourth-order valence-electron chi connectivity index (χ4n) is 1.91. The van der Waals surface area contributed by atoms with E-state index in [9.17, 15) is 19.2 Å². The lowest BCUT2D eigenvalue weighted by Crippen LogP contribution is -2.35. The Morgan fingerprint density at radius 2 is 0.923 bits per heavy atom. The molecule has 1 rings (SSSR count). The molecule has 10 heteroatoms. The number of rotatable bonds is 0. The summed E-state index contributed by atoms with van der Waals surface area (Å²) >= 11 is 0. The van der Waals surface area contributed by atoms with Crippen LogP contribution in [0.15, 0.2) is 0 Å². The highest BCUT2D eigenvalue weighted by Crippen LogP contribution is 1.95. The normalized spacial score (nSPS) is 21.2. The molecule has 0 radical (unpaired) electrons. The zero-order chi connectivity index (χ0) is 19.0. The third-order valence-corrected chi connectivity index (χ3v) is 3.24. The van der Waals surface area contributed by atoms with Gasteiger partial charge in [-0.1, -0.05) is 0 Å². The van der Waals surface area contributed by atoms with Gasteiger partial charge in [-0.2, -0.15) is 0 Å². The lowest BCUT2D eigenvalue weighted by Gasteiger charge is -2.09. The van der Waals surface area contributed by atoms with Crippen LogP contribution >= 0.6 is 0 Å². The number of hydrogen-bond donors (Lipinski definition) is 2. The van der Waals surface area contributed by atoms with Crippen molar-refractivity contribution in [2.45, 2.75) is 25.7 Å². The van der Waals surface area contributed by atoms with Gasteiger partial charge in [-0.05, 0) is 0 Å². The second-order valence-corrected chi connectivity index (χ2v) is 5.37. The van der Waals surface area contributed by atoms with E-state index in [1.54, 1.807) is 0 Å². The minimum atomic E-state index is -0.475. The van der Waals surface area contributed by atoms with E-state index in [0.717, 1.165) is 0 Å². The van der Waals surface area contributed by atoms with Crippen molar-refractivity contribution in [1.29, 1.82) is 0 Å². The fourth-order valence-corrected chi connectivity index (χ4v) is 1.91. The largest absolute Gasteiger partial charge is 0.463 e. The van der Waals surface area contributed by atoms with Gasteiger partial charge in [-0.3, -0.25) is 19.2 Å². The predicted molar refractivity (Wildman–Crippen MR) is 88.0 cm³/mol. The monoisotopic (exact) mass is 374 g/mol. The first-order valence-corrected chi connectivity index (χ1v) is 8.58. The standard InChI is InChI=1S/C16H26N2O8/c19-13-1-3-15(21)25-11-9-23-7-8-24-10-12-26-16(22)4-2-14(20)18-6-5-17-13/h1-12H2,(H,17,19)(H,18,20). The van der Waals surface area contributed by atoms with Crippen LogP contribution in [-0.4, -0.2) is 76.5 Å². The molecule has 1 saturated heterocycles. The number of cyclic esters (lactones) is 2. The van der Waals surface area contributed by atoms with Gasteiger partial charge in [0.05, 0.1) is 39.3 Å². The molecule has 1 heterocycles. The van der Waals surface area contributed by atoms with Crippen LogP contribution in [0.2, 0.25) is 0 Å². The van der Waals surface area contributed by atoms with Crippen molar-refractivity contribution in [2.24, 2.45) is 0 Å². The van der Waals surface area contributed by atoms with Gasteiger partial charge >= 0.3 is 11.9 Å². The SMILES string of the molecule is O=C1CCC(=O)OCCOCCOCCOC(=O)CCC(=O)NCCN1. The van der Waals surface area contributed by atoms with Gasteiger partial charge in [0.2, 0.25) is 11.8 Å². The summed E-state index contributed by atoms with van der Waals surface area (Å²) < 4.78 is 20.3. The van der Waals surface area contributed by atoms with Crippen LogP contribution in [0.3, 0.4) is 0 Å². The van der Waals surface area contributed by atoms with E-state index in [2.05, 4.69) is 10.6 Å². The van der Waals surface area contributed by atoms with Gasteiger partial charge in [0.15, 0.2) is 0 Å². The highest BCUT2D eigenvalue weighted by Gasteiger charge is 2.10. The van der Waals surface area contributed by atoms with Crippen LogP contribution in [0.1, 0.15) is 25.7 Å². The molecule has 0 bridgehead atoms. The van der Waals surface area contributed by atoms with E-state index in [1.165, 1.54) is 0 Å². The molecule has 10 nitrogen and oxygen atoms in total. The Morgan fingerprint density at radius 3 is 1.35 bits per heavy atom. The lowest BCUT2D eigenvalue weighted by atomic mass is 10.3. The maximum absolute atomic E-state index is 11.6. The molecule has 0 aliphatic carbocycles. The van der Waals surface area contributed by atoms with Crippen molar-refractivity contribution in [3.8, 4) is 0 Å². The van der Waals surface area contributed by atoms with Crippen LogP contribution in [0, 0.1) is 0 Å². The van der Waals surface area contributed by atoms with Crippen molar-refractivity contribution in [3.05, 3.63) is 0 Å². The summed E-state index contributed by atoms with van der Waals surface area (Å²) in [6.45, 7) is 1.76. The average molecular weight is 374 g/mol. The first-order chi connectivity index (χ1) is 12.6. The van der Waals surface area contributed by atoms with E-state index in [1.807, 2.05) is 0 Å². The molecule has 1 aliphatic rings. The number of nitrogens with one attached hydrogen (secondary N) is 2. The molecule has 0 spiro atoms. The minimum Gasteiger partial charge on any atom is -0.463 e. The summed E-state index contributed by atoms with van der Waals surface area (Å²) in [5.41, 5.74) is 0. The number of hydrogen-bond acceptors (Lipinski definition) is 8. The number of esters is 2. The number of ether oxygens (including phenoxy) is 4. The predicted octanol–water partition coefficient (Wildman–Crippen LogP) is -1.09. The fraction of sp³-hybridized carbons (Fsp3) is 0.750. The molecule has 26 heavy (non-hydrogen) atoms. The second kappa shape index (κ2) is 14.0. The molecule has 1 aliphatic heterocycles. The molecule has 148 valence electrons. The number of carbonyl (C=O) groups is 4. The van der Waals surface area contributed by atoms with E-state index in [0.29, 0.717) is 13.2 Å². The van der Waals surface area contributed by atoms with Crippen LogP contribution in [0.5, 0.6) is 0 Å². The van der Waals surface area contributed by atoms with Crippen LogP contribution in [-0.2, 0) is 38.1 Å². The Bertz CT molecular complexity index is 427. The van der Waals surface area contributed by atoms with E-state index in [-0.39, 0.29) is 77.0 Å². The Balaban J connectivity index is 2.33. The van der Waals surface area contributed by atoms with Gasteiger partial charge in [0.25, 0.3) is 0 Å². The highest BCUT2D eigenvalue weighted by molar-refractivity contribution is 5.82. The van der Waals surface area contributed by atoms with Crippen molar-refractivity contribution in [2.75, 3.05) is 52.7 Å². The second-order valence-electron chi connectivity index (χ2n) is 5.37. The molecule has 2 N–H and O–H groups in total. The topological polar surface area (TPSA) is 129 Å². The van der Waals surface area contributed by atoms with Crippen molar-refractivity contribution < 1.29 is 38.1 Å². The first-order valence-electron chi connectivity index (χ1n) is 8.58. The van der Waals surface area contributed by atoms with Crippen LogP contribution in [0.25, 0.3) is 0 Å². The molecular formula is C16H26N2O8. The molecule has 2 amide bonds. The molecule has 0 unspecified atom stereocenters. The zero-order valence-corrected chi connectivity index (χ0v) is 14.8. The summed E-state index contributed by atoms with van der Waals surface area (Å²) in [5, 5.41) is 5.16. The third kappa shape index (κ3) is 12.2. The summed E-state index contributed by atoms with van der Waals surface area (Å²) in [6.07, 6.45) is -0.0343. The summed E-state index contributed by atoms with van der Waals surface area (Å²) in [4.78, 5) is 46.1. The van der Waals surface area contributed by atoms with Crippen LogP contribution < -0.4 is 10.6 Å². The molecular weight excluding hydrogens is 348 g/mol.